The van der Waals surface area contributed by atoms with Gasteiger partial charge in [0.2, 0.25) is 0 Å². The number of aromatic nitrogens is 2. The van der Waals surface area contributed by atoms with Gasteiger partial charge in [-0.1, -0.05) is 11.6 Å². The third-order valence-electron chi connectivity index (χ3n) is 4.69. The van der Waals surface area contributed by atoms with Crippen molar-refractivity contribution in [1.29, 1.82) is 0 Å². The number of alkyl halides is 2. The Hall–Kier alpha value is -3.33. The fraction of sp³-hybridized carbons (Fsp3) is 0.158. The van der Waals surface area contributed by atoms with E-state index in [4.69, 9.17) is 21.8 Å². The maximum absolute atomic E-state index is 13.3. The Morgan fingerprint density at radius 2 is 2.03 bits per heavy atom. The molecule has 148 valence electrons. The summed E-state index contributed by atoms with van der Waals surface area (Å²) in [7, 11) is 1.46. The van der Waals surface area contributed by atoms with Crippen LogP contribution in [0.4, 0.5) is 8.78 Å². The van der Waals surface area contributed by atoms with E-state index >= 15 is 0 Å². The molecule has 1 atom stereocenters. The van der Waals surface area contributed by atoms with Gasteiger partial charge in [0.1, 0.15) is 5.69 Å². The standard InChI is InChI=1S/C19H14ClF2N5O2/c1-27-17(28)19(26-18(27)23,11-2-3-25-14(7-11)16(21)22)12-4-10(5-13(20)6-12)15-8-24-9-29-15/h2-9,16H,1H3,(H2,23,26). The van der Waals surface area contributed by atoms with Crippen LogP contribution >= 0.6 is 11.6 Å². The van der Waals surface area contributed by atoms with E-state index in [1.54, 1.807) is 12.1 Å². The lowest BCUT2D eigenvalue weighted by molar-refractivity contribution is -0.129. The molecule has 1 aliphatic rings. The third-order valence-corrected chi connectivity index (χ3v) is 4.91. The fourth-order valence-electron chi connectivity index (χ4n) is 3.28. The van der Waals surface area contributed by atoms with Gasteiger partial charge < -0.3 is 10.2 Å². The van der Waals surface area contributed by atoms with E-state index in [2.05, 4.69) is 15.0 Å². The van der Waals surface area contributed by atoms with Crippen molar-refractivity contribution in [3.63, 3.8) is 0 Å². The largest absolute Gasteiger partial charge is 0.444 e. The molecule has 0 saturated heterocycles. The first kappa shape index (κ1) is 19.0. The van der Waals surface area contributed by atoms with Crippen LogP contribution in [0.25, 0.3) is 11.3 Å². The van der Waals surface area contributed by atoms with Crippen LogP contribution in [0.2, 0.25) is 5.02 Å². The average molecular weight is 418 g/mol. The highest BCUT2D eigenvalue weighted by Crippen LogP contribution is 2.42. The molecule has 4 rings (SSSR count). The van der Waals surface area contributed by atoms with Gasteiger partial charge >= 0.3 is 0 Å². The number of pyridine rings is 1. The van der Waals surface area contributed by atoms with E-state index in [1.165, 1.54) is 38.0 Å². The second-order valence-corrected chi connectivity index (χ2v) is 6.85. The highest BCUT2D eigenvalue weighted by atomic mass is 35.5. The molecule has 0 fully saturated rings. The second kappa shape index (κ2) is 6.93. The average Bonchev–Trinajstić information content (AvgIpc) is 3.32. The van der Waals surface area contributed by atoms with Gasteiger partial charge in [-0.25, -0.2) is 18.8 Å². The highest BCUT2D eigenvalue weighted by molar-refractivity contribution is 6.31. The minimum Gasteiger partial charge on any atom is -0.444 e. The van der Waals surface area contributed by atoms with Gasteiger partial charge in [-0.2, -0.15) is 0 Å². The number of rotatable bonds is 4. The smallest absolute Gasteiger partial charge is 0.280 e. The number of amides is 1. The molecule has 1 aliphatic heterocycles. The molecule has 0 saturated carbocycles. The number of nitrogens with zero attached hydrogens (tertiary/aromatic N) is 4. The van der Waals surface area contributed by atoms with E-state index in [1.807, 2.05) is 0 Å². The van der Waals surface area contributed by atoms with Crippen molar-refractivity contribution < 1.29 is 18.0 Å². The monoisotopic (exact) mass is 417 g/mol. The summed E-state index contributed by atoms with van der Waals surface area (Å²) in [6.07, 6.45) is 1.14. The first-order valence-electron chi connectivity index (χ1n) is 8.41. The fourth-order valence-corrected chi connectivity index (χ4v) is 3.51. The molecule has 2 aromatic heterocycles. The number of benzene rings is 1. The minimum absolute atomic E-state index is 0.0494. The van der Waals surface area contributed by atoms with Crippen LogP contribution < -0.4 is 5.73 Å². The van der Waals surface area contributed by atoms with Crippen molar-refractivity contribution in [3.8, 4) is 11.3 Å². The molecule has 1 aromatic carbocycles. The van der Waals surface area contributed by atoms with Crippen LogP contribution in [0.3, 0.4) is 0 Å². The SMILES string of the molecule is CN1C(=O)C(c2cc(Cl)cc(-c3cnco3)c2)(c2ccnc(C(F)F)c2)N=C1N. The lowest BCUT2D eigenvalue weighted by atomic mass is 9.82. The number of carbonyl (C=O) groups is 1. The number of halogens is 3. The Balaban J connectivity index is 1.99. The van der Waals surface area contributed by atoms with Crippen molar-refractivity contribution in [2.24, 2.45) is 10.7 Å². The molecule has 1 unspecified atom stereocenters. The van der Waals surface area contributed by atoms with Gasteiger partial charge in [0.25, 0.3) is 12.3 Å². The lowest BCUT2D eigenvalue weighted by Crippen LogP contribution is -2.41. The molecular formula is C19H14ClF2N5O2. The summed E-state index contributed by atoms with van der Waals surface area (Å²) in [4.78, 5) is 26.4. The quantitative estimate of drug-likeness (QED) is 0.702. The molecule has 10 heteroatoms. The number of nitrogens with two attached hydrogens (primary N) is 1. The molecular weight excluding hydrogens is 404 g/mol. The van der Waals surface area contributed by atoms with Gasteiger partial charge in [0, 0.05) is 23.8 Å². The number of aliphatic imine (C=N–C) groups is 1. The molecule has 0 spiro atoms. The minimum atomic E-state index is -2.81. The Morgan fingerprint density at radius 3 is 2.66 bits per heavy atom. The number of hydrogen-bond acceptors (Lipinski definition) is 6. The van der Waals surface area contributed by atoms with Crippen molar-refractivity contribution in [1.82, 2.24) is 14.9 Å². The van der Waals surface area contributed by atoms with E-state index < -0.39 is 23.6 Å². The first-order valence-corrected chi connectivity index (χ1v) is 8.78. The molecule has 1 amide bonds. The van der Waals surface area contributed by atoms with Crippen LogP contribution in [0.5, 0.6) is 0 Å². The summed E-state index contributed by atoms with van der Waals surface area (Å²) in [6.45, 7) is 0. The Morgan fingerprint density at radius 1 is 1.24 bits per heavy atom. The zero-order chi connectivity index (χ0) is 20.8. The summed E-state index contributed by atoms with van der Waals surface area (Å²) >= 11 is 6.30. The maximum Gasteiger partial charge on any atom is 0.280 e. The third kappa shape index (κ3) is 3.03. The molecule has 3 aromatic rings. The predicted molar refractivity (Wildman–Crippen MR) is 101 cm³/mol. The summed E-state index contributed by atoms with van der Waals surface area (Å²) < 4.78 is 31.8. The molecule has 0 bridgehead atoms. The van der Waals surface area contributed by atoms with Crippen molar-refractivity contribution in [2.45, 2.75) is 12.0 Å². The number of carbonyl (C=O) groups excluding carboxylic acids is 1. The van der Waals surface area contributed by atoms with Crippen LogP contribution in [0, 0.1) is 0 Å². The number of oxazole rings is 1. The van der Waals surface area contributed by atoms with E-state index in [9.17, 15) is 13.6 Å². The van der Waals surface area contributed by atoms with Gasteiger partial charge in [-0.3, -0.25) is 14.7 Å². The molecule has 0 radical (unpaired) electrons. The van der Waals surface area contributed by atoms with Crippen LogP contribution in [0.1, 0.15) is 23.2 Å². The Labute approximate surface area is 168 Å². The topological polar surface area (TPSA) is 97.6 Å². The van der Waals surface area contributed by atoms with Gasteiger partial charge in [0.05, 0.1) is 6.20 Å². The summed E-state index contributed by atoms with van der Waals surface area (Å²) in [5, 5.41) is 0.299. The van der Waals surface area contributed by atoms with Gasteiger partial charge in [-0.15, -0.1) is 0 Å². The van der Waals surface area contributed by atoms with Gasteiger partial charge in [-0.05, 0) is 41.5 Å². The van der Waals surface area contributed by atoms with Crippen molar-refractivity contribution in [2.75, 3.05) is 7.05 Å². The van der Waals surface area contributed by atoms with Crippen molar-refractivity contribution in [3.05, 3.63) is 71.0 Å². The number of hydrogen-bond donors (Lipinski definition) is 1. The molecule has 7 nitrogen and oxygen atoms in total. The zero-order valence-corrected chi connectivity index (χ0v) is 15.8. The number of likely N-dealkylation sites (N-methyl/N-ethyl adjacent to an activating group) is 1. The van der Waals surface area contributed by atoms with Crippen LogP contribution in [-0.4, -0.2) is 33.8 Å². The van der Waals surface area contributed by atoms with Crippen LogP contribution in [-0.2, 0) is 10.3 Å². The molecule has 2 N–H and O–H groups in total. The second-order valence-electron chi connectivity index (χ2n) is 6.41. The molecule has 0 aliphatic carbocycles. The zero-order valence-electron chi connectivity index (χ0n) is 15.0. The number of guanidine groups is 1. The summed E-state index contributed by atoms with van der Waals surface area (Å²) in [5.41, 5.74) is 4.84. The Kier molecular flexibility index (Phi) is 4.54. The van der Waals surface area contributed by atoms with E-state index in [-0.39, 0.29) is 11.5 Å². The highest BCUT2D eigenvalue weighted by Gasteiger charge is 2.50. The van der Waals surface area contributed by atoms with Crippen molar-refractivity contribution >= 4 is 23.5 Å². The first-order chi connectivity index (χ1) is 13.8. The summed E-state index contributed by atoms with van der Waals surface area (Å²) in [5.74, 6) is -0.138. The lowest BCUT2D eigenvalue weighted by Gasteiger charge is -2.27. The summed E-state index contributed by atoms with van der Waals surface area (Å²) in [6, 6.07) is 7.41. The Bertz CT molecular complexity index is 1120. The molecule has 3 heterocycles. The van der Waals surface area contributed by atoms with Crippen LogP contribution in [0.15, 0.2) is 58.5 Å². The molecule has 29 heavy (non-hydrogen) atoms. The maximum atomic E-state index is 13.3. The normalized spacial score (nSPS) is 19.1. The van der Waals surface area contributed by atoms with E-state index in [0.717, 1.165) is 11.0 Å². The van der Waals surface area contributed by atoms with E-state index in [0.29, 0.717) is 21.9 Å². The van der Waals surface area contributed by atoms with Gasteiger partial charge in [0.15, 0.2) is 23.7 Å². The predicted octanol–water partition coefficient (Wildman–Crippen LogP) is 3.36.